The van der Waals surface area contributed by atoms with E-state index >= 15 is 0 Å². The molecule has 0 unspecified atom stereocenters. The van der Waals surface area contributed by atoms with Crippen molar-refractivity contribution < 1.29 is 13.6 Å². The monoisotopic (exact) mass is 284 g/mol. The molecule has 0 radical (unpaired) electrons. The van der Waals surface area contributed by atoms with Crippen molar-refractivity contribution in [1.82, 2.24) is 0 Å². The van der Waals surface area contributed by atoms with Gasteiger partial charge < -0.3 is 0 Å². The van der Waals surface area contributed by atoms with E-state index in [0.717, 1.165) is 22.7 Å². The number of benzene rings is 1. The summed E-state index contributed by atoms with van der Waals surface area (Å²) in [6, 6.07) is 7.00. The normalized spacial score (nSPS) is 10.6. The lowest BCUT2D eigenvalue weighted by atomic mass is 10.3. The summed E-state index contributed by atoms with van der Waals surface area (Å²) < 4.78 is 26.0. The maximum absolute atomic E-state index is 13.3. The fourth-order valence-electron chi connectivity index (χ4n) is 1.39. The second-order valence-electron chi connectivity index (χ2n) is 3.70. The standard InChI is InChI=1S/C13H10F2OS2/c1-8-2-4-13(18-8)11(16)7-17-12-5-3-9(14)6-10(12)15/h2-6H,7H2,1H3. The first-order valence-electron chi connectivity index (χ1n) is 5.24. The first-order chi connectivity index (χ1) is 8.56. The lowest BCUT2D eigenvalue weighted by Crippen LogP contribution is -1.99. The zero-order valence-corrected chi connectivity index (χ0v) is 11.2. The van der Waals surface area contributed by atoms with Crippen LogP contribution in [0.15, 0.2) is 35.2 Å². The lowest BCUT2D eigenvalue weighted by Gasteiger charge is -2.01. The van der Waals surface area contributed by atoms with Crippen LogP contribution in [-0.4, -0.2) is 11.5 Å². The largest absolute Gasteiger partial charge is 0.292 e. The van der Waals surface area contributed by atoms with E-state index in [1.807, 2.05) is 13.0 Å². The van der Waals surface area contributed by atoms with E-state index in [1.54, 1.807) is 6.07 Å². The third-order valence-electron chi connectivity index (χ3n) is 2.27. The molecule has 1 aromatic carbocycles. The number of carbonyl (C=O) groups is 1. The highest BCUT2D eigenvalue weighted by Crippen LogP contribution is 2.24. The Kier molecular flexibility index (Phi) is 4.14. The Morgan fingerprint density at radius 2 is 2.06 bits per heavy atom. The summed E-state index contributed by atoms with van der Waals surface area (Å²) in [4.78, 5) is 13.8. The molecule has 5 heteroatoms. The van der Waals surface area contributed by atoms with Gasteiger partial charge in [0.25, 0.3) is 0 Å². The van der Waals surface area contributed by atoms with Gasteiger partial charge in [-0.15, -0.1) is 23.1 Å². The molecule has 0 spiro atoms. The Labute approximate surface area is 112 Å². The Hall–Kier alpha value is -1.20. The molecule has 94 valence electrons. The van der Waals surface area contributed by atoms with Crippen molar-refractivity contribution in [3.8, 4) is 0 Å². The topological polar surface area (TPSA) is 17.1 Å². The van der Waals surface area contributed by atoms with Gasteiger partial charge in [-0.05, 0) is 31.2 Å². The molecule has 18 heavy (non-hydrogen) atoms. The number of halogens is 2. The number of Topliss-reactive ketones (excluding diaryl/α,β-unsaturated/α-hetero) is 1. The summed E-state index contributed by atoms with van der Waals surface area (Å²) in [5.74, 6) is -1.13. The zero-order chi connectivity index (χ0) is 13.1. The maximum Gasteiger partial charge on any atom is 0.182 e. The van der Waals surface area contributed by atoms with E-state index in [9.17, 15) is 13.6 Å². The van der Waals surface area contributed by atoms with Crippen molar-refractivity contribution in [3.63, 3.8) is 0 Å². The van der Waals surface area contributed by atoms with Gasteiger partial charge in [0.15, 0.2) is 5.78 Å². The fourth-order valence-corrected chi connectivity index (χ4v) is 3.09. The van der Waals surface area contributed by atoms with Gasteiger partial charge in [-0.1, -0.05) is 0 Å². The minimum absolute atomic E-state index is 0.0400. The van der Waals surface area contributed by atoms with Gasteiger partial charge in [-0.3, -0.25) is 4.79 Å². The number of ketones is 1. The predicted molar refractivity (Wildman–Crippen MR) is 70.5 cm³/mol. The molecule has 0 N–H and O–H groups in total. The maximum atomic E-state index is 13.3. The number of thiophene rings is 1. The van der Waals surface area contributed by atoms with Gasteiger partial charge in [-0.2, -0.15) is 0 Å². The van der Waals surface area contributed by atoms with Crippen LogP contribution in [0.3, 0.4) is 0 Å². The second-order valence-corrected chi connectivity index (χ2v) is 6.00. The van der Waals surface area contributed by atoms with Crippen molar-refractivity contribution in [1.29, 1.82) is 0 Å². The van der Waals surface area contributed by atoms with E-state index < -0.39 is 11.6 Å². The summed E-state index contributed by atoms with van der Waals surface area (Å²) >= 11 is 2.50. The number of carbonyl (C=O) groups excluding carboxylic acids is 1. The molecule has 0 atom stereocenters. The van der Waals surface area contributed by atoms with Crippen LogP contribution in [0.1, 0.15) is 14.5 Å². The molecule has 0 saturated heterocycles. The van der Waals surface area contributed by atoms with Crippen molar-refractivity contribution in [2.75, 3.05) is 5.75 Å². The summed E-state index contributed by atoms with van der Waals surface area (Å²) in [6.45, 7) is 1.92. The van der Waals surface area contributed by atoms with Gasteiger partial charge in [0.1, 0.15) is 11.6 Å². The Morgan fingerprint density at radius 1 is 1.28 bits per heavy atom. The van der Waals surface area contributed by atoms with Crippen LogP contribution in [-0.2, 0) is 0 Å². The third kappa shape index (κ3) is 3.17. The molecular weight excluding hydrogens is 274 g/mol. The summed E-state index contributed by atoms with van der Waals surface area (Å²) in [6.07, 6.45) is 0. The van der Waals surface area contributed by atoms with Gasteiger partial charge in [-0.25, -0.2) is 8.78 Å². The van der Waals surface area contributed by atoms with Crippen molar-refractivity contribution in [2.45, 2.75) is 11.8 Å². The van der Waals surface area contributed by atoms with Crippen LogP contribution in [0.5, 0.6) is 0 Å². The molecule has 0 bridgehead atoms. The Balaban J connectivity index is 2.01. The number of thioether (sulfide) groups is 1. The van der Waals surface area contributed by atoms with Crippen molar-refractivity contribution in [3.05, 3.63) is 51.7 Å². The van der Waals surface area contributed by atoms with E-state index in [4.69, 9.17) is 0 Å². The van der Waals surface area contributed by atoms with Gasteiger partial charge >= 0.3 is 0 Å². The van der Waals surface area contributed by atoms with E-state index in [-0.39, 0.29) is 16.4 Å². The van der Waals surface area contributed by atoms with Crippen LogP contribution in [0.2, 0.25) is 0 Å². The predicted octanol–water partition coefficient (Wildman–Crippen LogP) is 4.31. The molecule has 0 aliphatic carbocycles. The SMILES string of the molecule is Cc1ccc(C(=O)CSc2ccc(F)cc2F)s1. The molecule has 0 saturated carbocycles. The minimum Gasteiger partial charge on any atom is -0.292 e. The van der Waals surface area contributed by atoms with Crippen LogP contribution in [0.25, 0.3) is 0 Å². The molecule has 1 nitrogen and oxygen atoms in total. The number of hydrogen-bond donors (Lipinski definition) is 0. The smallest absolute Gasteiger partial charge is 0.182 e. The molecule has 2 rings (SSSR count). The average Bonchev–Trinajstić information content (AvgIpc) is 2.74. The zero-order valence-electron chi connectivity index (χ0n) is 9.57. The molecule has 0 fully saturated rings. The van der Waals surface area contributed by atoms with Crippen molar-refractivity contribution >= 4 is 28.9 Å². The first-order valence-corrected chi connectivity index (χ1v) is 7.04. The second kappa shape index (κ2) is 5.63. The van der Waals surface area contributed by atoms with Crippen LogP contribution < -0.4 is 0 Å². The highest BCUT2D eigenvalue weighted by atomic mass is 32.2. The highest BCUT2D eigenvalue weighted by molar-refractivity contribution is 8.00. The summed E-state index contributed by atoms with van der Waals surface area (Å²) in [7, 11) is 0. The summed E-state index contributed by atoms with van der Waals surface area (Å²) in [5.41, 5.74) is 0. The number of rotatable bonds is 4. The van der Waals surface area contributed by atoms with Crippen LogP contribution in [0, 0.1) is 18.6 Å². The van der Waals surface area contributed by atoms with Gasteiger partial charge in [0, 0.05) is 15.8 Å². The Bertz CT molecular complexity index is 578. The molecule has 1 aromatic heterocycles. The third-order valence-corrected chi connectivity index (χ3v) is 4.36. The van der Waals surface area contributed by atoms with Crippen molar-refractivity contribution in [2.24, 2.45) is 0 Å². The van der Waals surface area contributed by atoms with E-state index in [0.29, 0.717) is 4.88 Å². The highest BCUT2D eigenvalue weighted by Gasteiger charge is 2.11. The molecule has 0 amide bonds. The van der Waals surface area contributed by atoms with E-state index in [2.05, 4.69) is 0 Å². The van der Waals surface area contributed by atoms with E-state index in [1.165, 1.54) is 23.5 Å². The lowest BCUT2D eigenvalue weighted by molar-refractivity contribution is 0.102. The number of aryl methyl sites for hydroxylation is 1. The molecule has 0 aliphatic rings. The molecule has 1 heterocycles. The van der Waals surface area contributed by atoms with Crippen LogP contribution >= 0.6 is 23.1 Å². The van der Waals surface area contributed by atoms with Gasteiger partial charge in [0.2, 0.25) is 0 Å². The fraction of sp³-hybridized carbons (Fsp3) is 0.154. The van der Waals surface area contributed by atoms with Crippen LogP contribution in [0.4, 0.5) is 8.78 Å². The number of hydrogen-bond acceptors (Lipinski definition) is 3. The molecule has 2 aromatic rings. The summed E-state index contributed by atoms with van der Waals surface area (Å²) in [5, 5.41) is 0. The Morgan fingerprint density at radius 3 is 2.67 bits per heavy atom. The quantitative estimate of drug-likeness (QED) is 0.614. The van der Waals surface area contributed by atoms with Gasteiger partial charge in [0.05, 0.1) is 10.6 Å². The average molecular weight is 284 g/mol. The first kappa shape index (κ1) is 13.2. The molecule has 0 aliphatic heterocycles. The molecular formula is C13H10F2OS2. The minimum atomic E-state index is -0.629.